The van der Waals surface area contributed by atoms with Crippen LogP contribution >= 0.6 is 0 Å². The fourth-order valence-electron chi connectivity index (χ4n) is 10.2. The minimum atomic E-state index is -2.20. The number of Topliss-reactive ketones (excluding diaryl/α,β-unsaturated/α-hetero) is 1. The van der Waals surface area contributed by atoms with E-state index in [1.54, 1.807) is 102 Å². The van der Waals surface area contributed by atoms with Crippen LogP contribution in [-0.2, 0) is 38.1 Å². The van der Waals surface area contributed by atoms with Gasteiger partial charge >= 0.3 is 24.0 Å². The van der Waals surface area contributed by atoms with Gasteiger partial charge in [-0.3, -0.25) is 9.59 Å². The number of aliphatic hydroxyl groups is 3. The fourth-order valence-corrected chi connectivity index (χ4v) is 10.2. The number of carbonyl (C=O) groups is 5. The lowest BCUT2D eigenvalue weighted by molar-refractivity contribution is -0.326. The van der Waals surface area contributed by atoms with Crippen LogP contribution in [0.15, 0.2) is 72.0 Å². The number of rotatable bonds is 8. The first-order valence-electron chi connectivity index (χ1n) is 19.3. The van der Waals surface area contributed by atoms with Crippen molar-refractivity contribution in [1.29, 1.82) is 0 Å². The molecule has 2 aromatic carbocycles. The van der Waals surface area contributed by atoms with Gasteiger partial charge in [0.25, 0.3) is 0 Å². The smallest absolute Gasteiger partial charge is 0.408 e. The van der Waals surface area contributed by atoms with E-state index in [9.17, 15) is 39.3 Å². The largest absolute Gasteiger partial charge is 0.455 e. The van der Waals surface area contributed by atoms with Crippen molar-refractivity contribution < 1.29 is 63.0 Å². The van der Waals surface area contributed by atoms with Crippen LogP contribution < -0.4 is 5.32 Å². The van der Waals surface area contributed by atoms with E-state index in [1.807, 2.05) is 0 Å². The van der Waals surface area contributed by atoms with Gasteiger partial charge in [0.05, 0.1) is 24.1 Å². The normalized spacial score (nSPS) is 34.6. The summed E-state index contributed by atoms with van der Waals surface area (Å²) in [6.45, 7) is 10.9. The molecule has 2 bridgehead atoms. The number of hydrogen-bond donors (Lipinski definition) is 4. The monoisotopic (exact) mass is 789 g/mol. The third-order valence-corrected chi connectivity index (χ3v) is 13.0. The van der Waals surface area contributed by atoms with Crippen molar-refractivity contribution in [2.45, 2.75) is 115 Å². The van der Waals surface area contributed by atoms with Gasteiger partial charge in [0.15, 0.2) is 17.5 Å². The van der Waals surface area contributed by atoms with Crippen LogP contribution in [0.3, 0.4) is 0 Å². The van der Waals surface area contributed by atoms with Gasteiger partial charge in [0, 0.05) is 30.1 Å². The minimum absolute atomic E-state index is 0.145. The Hall–Kier alpha value is -4.63. The topological polar surface area (TPSA) is 204 Å². The van der Waals surface area contributed by atoms with Crippen molar-refractivity contribution >= 4 is 29.8 Å². The molecule has 3 saturated carbocycles. The maximum absolute atomic E-state index is 14.9. The van der Waals surface area contributed by atoms with Crippen molar-refractivity contribution in [3.63, 3.8) is 0 Å². The number of ether oxygens (including phenoxy) is 5. The standard InChI is InChI=1S/C43H51NO13/c1-22-27(54-37(50)32(47)30(24-14-10-8-11-15-24)44-38(51)57-39(3,4)5)20-43(52)35(55-36(49)25-16-12-9-13-17-25)33-41(34(48)31(46)29(22)40(43,6)7)19-26(41)18-28-42(33,21-53-28)56-23(2)45/h8-17,26,28-33,35,46-47,52H,18-21H2,1-7H3,(H,44,51)/t26-,28?,29?,30+,31-,32-,33?,35+,41-,42+,43-/m1/s1. The van der Waals surface area contributed by atoms with Gasteiger partial charge in [-0.05, 0) is 69.7 Å². The molecule has 3 unspecified atom stereocenters. The second-order valence-electron chi connectivity index (χ2n) is 17.8. The molecular weight excluding hydrogens is 738 g/mol. The molecule has 11 atom stereocenters. The zero-order valence-corrected chi connectivity index (χ0v) is 33.1. The molecule has 1 saturated heterocycles. The number of carbonyl (C=O) groups excluding carboxylic acids is 5. The molecule has 4 fully saturated rings. The zero-order chi connectivity index (χ0) is 41.5. The van der Waals surface area contributed by atoms with Gasteiger partial charge in [-0.15, -0.1) is 0 Å². The first kappa shape index (κ1) is 40.6. The van der Waals surface area contributed by atoms with Crippen LogP contribution in [0.25, 0.3) is 0 Å². The highest BCUT2D eigenvalue weighted by atomic mass is 16.6. The van der Waals surface area contributed by atoms with Crippen molar-refractivity contribution in [3.05, 3.63) is 83.1 Å². The van der Waals surface area contributed by atoms with Crippen LogP contribution in [0, 0.1) is 28.6 Å². The summed E-state index contributed by atoms with van der Waals surface area (Å²) in [6, 6.07) is 15.0. The average Bonchev–Trinajstić information content (AvgIpc) is 3.87. The number of ketones is 1. The van der Waals surface area contributed by atoms with E-state index in [1.165, 1.54) is 6.92 Å². The van der Waals surface area contributed by atoms with Crippen molar-refractivity contribution in [2.75, 3.05) is 6.61 Å². The number of amides is 1. The Bertz CT molecular complexity index is 1990. The summed E-state index contributed by atoms with van der Waals surface area (Å²) < 4.78 is 29.8. The number of alkyl carbamates (subject to hydrolysis) is 1. The molecule has 14 heteroatoms. The summed E-state index contributed by atoms with van der Waals surface area (Å²) in [6.07, 6.45) is -6.76. The lowest BCUT2D eigenvalue weighted by Gasteiger charge is -2.64. The fraction of sp³-hybridized carbons (Fsp3) is 0.558. The number of esters is 3. The summed E-state index contributed by atoms with van der Waals surface area (Å²) in [5.41, 5.74) is -6.64. The van der Waals surface area contributed by atoms with E-state index in [0.717, 1.165) is 0 Å². The maximum Gasteiger partial charge on any atom is 0.408 e. The van der Waals surface area contributed by atoms with Crippen LogP contribution in [0.5, 0.6) is 0 Å². The van der Waals surface area contributed by atoms with Gasteiger partial charge in [-0.1, -0.05) is 62.4 Å². The molecule has 7 rings (SSSR count). The molecule has 4 N–H and O–H groups in total. The third-order valence-electron chi connectivity index (χ3n) is 13.0. The molecule has 0 aromatic heterocycles. The Balaban J connectivity index is 1.33. The third kappa shape index (κ3) is 6.54. The van der Waals surface area contributed by atoms with Crippen molar-refractivity contribution in [3.8, 4) is 0 Å². The maximum atomic E-state index is 14.9. The van der Waals surface area contributed by atoms with E-state index in [2.05, 4.69) is 5.32 Å². The Morgan fingerprint density at radius 2 is 1.63 bits per heavy atom. The van der Waals surface area contributed by atoms with Crippen LogP contribution in [0.2, 0.25) is 0 Å². The molecule has 306 valence electrons. The second kappa shape index (κ2) is 14.0. The minimum Gasteiger partial charge on any atom is -0.455 e. The quantitative estimate of drug-likeness (QED) is 0.220. The zero-order valence-electron chi connectivity index (χ0n) is 33.1. The van der Waals surface area contributed by atoms with Gasteiger partial charge in [-0.25, -0.2) is 14.4 Å². The lowest BCUT2D eigenvalue weighted by Crippen LogP contribution is -2.78. The van der Waals surface area contributed by atoms with E-state index in [4.69, 9.17) is 23.7 Å². The predicted molar refractivity (Wildman–Crippen MR) is 200 cm³/mol. The molecule has 0 radical (unpaired) electrons. The molecule has 57 heavy (non-hydrogen) atoms. The van der Waals surface area contributed by atoms with E-state index in [-0.39, 0.29) is 35.8 Å². The second-order valence-corrected chi connectivity index (χ2v) is 17.8. The summed E-state index contributed by atoms with van der Waals surface area (Å²) in [5.74, 6) is -6.12. The highest BCUT2D eigenvalue weighted by molar-refractivity contribution is 5.94. The van der Waals surface area contributed by atoms with Crippen LogP contribution in [-0.4, -0.2) is 92.9 Å². The predicted octanol–water partition coefficient (Wildman–Crippen LogP) is 4.10. The Kier molecular flexibility index (Phi) is 9.99. The SMILES string of the molecule is CC(=O)O[C@@]12COC1C[C@@H]1C[C@@]13C(=O)[C@H](O)C1C(C)=C(OC(=O)[C@H](O)[C@@H](NC(=O)OC(C)(C)C)c4ccccc4)C[C@@](O)([C@@H](OC(=O)c4ccccc4)C23)C1(C)C. The number of hydrogen-bond acceptors (Lipinski definition) is 13. The number of benzene rings is 2. The lowest BCUT2D eigenvalue weighted by atomic mass is 9.47. The number of aliphatic hydroxyl groups excluding tert-OH is 2. The van der Waals surface area contributed by atoms with E-state index in [0.29, 0.717) is 12.0 Å². The first-order valence-corrected chi connectivity index (χ1v) is 19.3. The number of fused-ring (bicyclic) bond motifs is 4. The summed E-state index contributed by atoms with van der Waals surface area (Å²) in [7, 11) is 0. The Morgan fingerprint density at radius 3 is 2.21 bits per heavy atom. The van der Waals surface area contributed by atoms with Gasteiger partial charge < -0.3 is 44.3 Å². The summed E-state index contributed by atoms with van der Waals surface area (Å²) in [4.78, 5) is 68.9. The molecule has 1 amide bonds. The molecule has 1 spiro atoms. The average molecular weight is 790 g/mol. The van der Waals surface area contributed by atoms with Crippen molar-refractivity contribution in [2.24, 2.45) is 28.6 Å². The molecule has 4 aliphatic carbocycles. The van der Waals surface area contributed by atoms with Gasteiger partial charge in [0.1, 0.15) is 35.3 Å². The molecule has 5 aliphatic rings. The number of nitrogens with one attached hydrogen (secondary N) is 1. The van der Waals surface area contributed by atoms with Gasteiger partial charge in [-0.2, -0.15) is 0 Å². The molecule has 2 aromatic rings. The first-order chi connectivity index (χ1) is 26.7. The molecular formula is C43H51NO13. The highest BCUT2D eigenvalue weighted by Crippen LogP contribution is 2.74. The molecule has 1 heterocycles. The van der Waals surface area contributed by atoms with E-state index < -0.39 is 106 Å². The van der Waals surface area contributed by atoms with Crippen molar-refractivity contribution in [1.82, 2.24) is 5.32 Å². The summed E-state index contributed by atoms with van der Waals surface area (Å²) >= 11 is 0. The Morgan fingerprint density at radius 1 is 1.00 bits per heavy atom. The Labute approximate surface area is 330 Å². The molecule has 14 nitrogen and oxygen atoms in total. The van der Waals surface area contributed by atoms with Gasteiger partial charge in [0.2, 0.25) is 0 Å². The highest BCUT2D eigenvalue weighted by Gasteiger charge is 2.84. The molecule has 1 aliphatic heterocycles. The van der Waals surface area contributed by atoms with E-state index >= 15 is 0 Å². The van der Waals surface area contributed by atoms with Crippen LogP contribution in [0.4, 0.5) is 4.79 Å². The van der Waals surface area contributed by atoms with Crippen LogP contribution in [0.1, 0.15) is 89.7 Å². The summed E-state index contributed by atoms with van der Waals surface area (Å²) in [5, 5.41) is 39.8.